The quantitative estimate of drug-likeness (QED) is 0.735. The summed E-state index contributed by atoms with van der Waals surface area (Å²) in [4.78, 5) is 12.0. The average Bonchev–Trinajstić information content (AvgIpc) is 2.29. The van der Waals surface area contributed by atoms with E-state index in [-0.39, 0.29) is 12.5 Å². The van der Waals surface area contributed by atoms with Crippen molar-refractivity contribution in [2.45, 2.75) is 39.5 Å². The highest BCUT2D eigenvalue weighted by Gasteiger charge is 2.48. The minimum absolute atomic E-state index is 0.130. The van der Waals surface area contributed by atoms with Gasteiger partial charge in [0.2, 0.25) is 5.91 Å². The van der Waals surface area contributed by atoms with Crippen molar-refractivity contribution in [3.63, 3.8) is 0 Å². The van der Waals surface area contributed by atoms with E-state index in [9.17, 15) is 4.79 Å². The molecule has 17 heavy (non-hydrogen) atoms. The van der Waals surface area contributed by atoms with Crippen molar-refractivity contribution in [3.05, 3.63) is 0 Å². The van der Waals surface area contributed by atoms with E-state index in [0.717, 1.165) is 6.42 Å². The zero-order valence-corrected chi connectivity index (χ0v) is 10.7. The number of aliphatic hydroxyl groups excluding tert-OH is 1. The van der Waals surface area contributed by atoms with Crippen LogP contribution in [0.25, 0.3) is 0 Å². The van der Waals surface area contributed by atoms with Gasteiger partial charge in [-0.25, -0.2) is 0 Å². The van der Waals surface area contributed by atoms with Gasteiger partial charge in [-0.3, -0.25) is 4.79 Å². The summed E-state index contributed by atoms with van der Waals surface area (Å²) in [6.45, 7) is 4.81. The van der Waals surface area contributed by atoms with Crippen LogP contribution in [-0.2, 0) is 4.79 Å². The first-order valence-electron chi connectivity index (χ1n) is 6.38. The van der Waals surface area contributed by atoms with Crippen molar-refractivity contribution < 1.29 is 9.90 Å². The molecule has 4 heteroatoms. The molecule has 0 saturated heterocycles. The predicted octanol–water partition coefficient (Wildman–Crippen LogP) is 1.45. The SMILES string of the molecule is CCC(CCO)CNC(=O)C1(C#N)CC(C)C1. The Morgan fingerprint density at radius 2 is 2.29 bits per heavy atom. The zero-order chi connectivity index (χ0) is 12.9. The van der Waals surface area contributed by atoms with E-state index in [2.05, 4.69) is 18.3 Å². The highest BCUT2D eigenvalue weighted by molar-refractivity contribution is 5.86. The third kappa shape index (κ3) is 3.19. The third-order valence-electron chi connectivity index (χ3n) is 3.71. The molecule has 1 saturated carbocycles. The maximum Gasteiger partial charge on any atom is 0.240 e. The second kappa shape index (κ2) is 6.02. The predicted molar refractivity (Wildman–Crippen MR) is 64.9 cm³/mol. The number of hydrogen-bond acceptors (Lipinski definition) is 3. The van der Waals surface area contributed by atoms with Crippen LogP contribution in [0, 0.1) is 28.6 Å². The van der Waals surface area contributed by atoms with Gasteiger partial charge in [0.1, 0.15) is 5.41 Å². The number of carbonyl (C=O) groups is 1. The van der Waals surface area contributed by atoms with Crippen LogP contribution in [0.4, 0.5) is 0 Å². The molecule has 0 aromatic rings. The van der Waals surface area contributed by atoms with Crippen LogP contribution in [0.5, 0.6) is 0 Å². The molecule has 1 rings (SSSR count). The van der Waals surface area contributed by atoms with Crippen LogP contribution < -0.4 is 5.32 Å². The molecule has 1 aliphatic rings. The van der Waals surface area contributed by atoms with Crippen LogP contribution in [0.3, 0.4) is 0 Å². The van der Waals surface area contributed by atoms with Crippen molar-refractivity contribution in [2.24, 2.45) is 17.3 Å². The lowest BCUT2D eigenvalue weighted by molar-refractivity contribution is -0.134. The normalized spacial score (nSPS) is 28.9. The number of nitrogens with one attached hydrogen (secondary N) is 1. The first-order chi connectivity index (χ1) is 8.07. The fourth-order valence-corrected chi connectivity index (χ4v) is 2.50. The van der Waals surface area contributed by atoms with Gasteiger partial charge in [0.05, 0.1) is 6.07 Å². The van der Waals surface area contributed by atoms with Gasteiger partial charge in [-0.1, -0.05) is 20.3 Å². The van der Waals surface area contributed by atoms with Gasteiger partial charge in [-0.2, -0.15) is 5.26 Å². The van der Waals surface area contributed by atoms with Crippen molar-refractivity contribution in [3.8, 4) is 6.07 Å². The lowest BCUT2D eigenvalue weighted by Crippen LogP contribution is -2.49. The van der Waals surface area contributed by atoms with Crippen LogP contribution >= 0.6 is 0 Å². The number of rotatable bonds is 6. The average molecular weight is 238 g/mol. The topological polar surface area (TPSA) is 73.1 Å². The number of nitrogens with zero attached hydrogens (tertiary/aromatic N) is 1. The molecule has 96 valence electrons. The molecule has 4 nitrogen and oxygen atoms in total. The minimum Gasteiger partial charge on any atom is -0.396 e. The lowest BCUT2D eigenvalue weighted by atomic mass is 9.63. The molecule has 0 heterocycles. The Bertz CT molecular complexity index is 303. The highest BCUT2D eigenvalue weighted by atomic mass is 16.3. The highest BCUT2D eigenvalue weighted by Crippen LogP contribution is 2.45. The molecular formula is C13H22N2O2. The molecule has 0 radical (unpaired) electrons. The lowest BCUT2D eigenvalue weighted by Gasteiger charge is -2.39. The van der Waals surface area contributed by atoms with E-state index in [1.54, 1.807) is 0 Å². The maximum absolute atomic E-state index is 12.0. The maximum atomic E-state index is 12.0. The zero-order valence-electron chi connectivity index (χ0n) is 10.7. The smallest absolute Gasteiger partial charge is 0.240 e. The van der Waals surface area contributed by atoms with Crippen LogP contribution in [0.2, 0.25) is 0 Å². The van der Waals surface area contributed by atoms with Gasteiger partial charge in [0, 0.05) is 13.2 Å². The van der Waals surface area contributed by atoms with E-state index < -0.39 is 5.41 Å². The van der Waals surface area contributed by atoms with Crippen LogP contribution in [-0.4, -0.2) is 24.2 Å². The molecule has 0 aromatic carbocycles. The van der Waals surface area contributed by atoms with Gasteiger partial charge in [-0.15, -0.1) is 0 Å². The Hall–Kier alpha value is -1.08. The Labute approximate surface area is 103 Å². The van der Waals surface area contributed by atoms with Gasteiger partial charge < -0.3 is 10.4 Å². The van der Waals surface area contributed by atoms with Crippen molar-refractivity contribution in [1.29, 1.82) is 5.26 Å². The second-order valence-electron chi connectivity index (χ2n) is 5.20. The Kier molecular flexibility index (Phi) is 4.95. The van der Waals surface area contributed by atoms with Gasteiger partial charge in [0.25, 0.3) is 0 Å². The fraction of sp³-hybridized carbons (Fsp3) is 0.846. The van der Waals surface area contributed by atoms with E-state index in [1.807, 2.05) is 6.92 Å². The number of hydrogen-bond donors (Lipinski definition) is 2. The van der Waals surface area contributed by atoms with E-state index >= 15 is 0 Å². The molecule has 1 amide bonds. The van der Waals surface area contributed by atoms with Crippen molar-refractivity contribution >= 4 is 5.91 Å². The minimum atomic E-state index is -0.781. The van der Waals surface area contributed by atoms with Crippen molar-refractivity contribution in [2.75, 3.05) is 13.2 Å². The summed E-state index contributed by atoms with van der Waals surface area (Å²) in [6, 6.07) is 2.16. The fourth-order valence-electron chi connectivity index (χ4n) is 2.50. The molecule has 0 bridgehead atoms. The monoisotopic (exact) mass is 238 g/mol. The van der Waals surface area contributed by atoms with E-state index in [4.69, 9.17) is 10.4 Å². The summed E-state index contributed by atoms with van der Waals surface area (Å²) in [7, 11) is 0. The van der Waals surface area contributed by atoms with Crippen LogP contribution in [0.15, 0.2) is 0 Å². The van der Waals surface area contributed by atoms with Crippen molar-refractivity contribution in [1.82, 2.24) is 5.32 Å². The van der Waals surface area contributed by atoms with Crippen LogP contribution in [0.1, 0.15) is 39.5 Å². The number of amides is 1. The van der Waals surface area contributed by atoms with Gasteiger partial charge >= 0.3 is 0 Å². The molecule has 1 fully saturated rings. The summed E-state index contributed by atoms with van der Waals surface area (Å²) >= 11 is 0. The summed E-state index contributed by atoms with van der Waals surface area (Å²) in [6.07, 6.45) is 2.97. The third-order valence-corrected chi connectivity index (χ3v) is 3.71. The largest absolute Gasteiger partial charge is 0.396 e. The Balaban J connectivity index is 2.41. The first kappa shape index (κ1) is 14.0. The molecular weight excluding hydrogens is 216 g/mol. The number of aliphatic hydroxyl groups is 1. The summed E-state index contributed by atoms with van der Waals surface area (Å²) < 4.78 is 0. The molecule has 0 aliphatic heterocycles. The number of carbonyl (C=O) groups excluding carboxylic acids is 1. The van der Waals surface area contributed by atoms with E-state index in [0.29, 0.717) is 37.6 Å². The number of nitriles is 1. The summed E-state index contributed by atoms with van der Waals surface area (Å²) in [5.74, 6) is 0.645. The Morgan fingerprint density at radius 3 is 2.71 bits per heavy atom. The molecule has 1 aliphatic carbocycles. The summed E-state index contributed by atoms with van der Waals surface area (Å²) in [5.41, 5.74) is -0.781. The first-order valence-corrected chi connectivity index (χ1v) is 6.38. The molecule has 1 atom stereocenters. The molecule has 0 aromatic heterocycles. The Morgan fingerprint density at radius 1 is 1.65 bits per heavy atom. The standard InChI is InChI=1S/C13H22N2O2/c1-3-11(4-5-16)8-15-12(17)13(9-14)6-10(2)7-13/h10-11,16H,3-8H2,1-2H3,(H,15,17). The molecule has 1 unspecified atom stereocenters. The molecule has 2 N–H and O–H groups in total. The van der Waals surface area contributed by atoms with Gasteiger partial charge in [0.15, 0.2) is 0 Å². The second-order valence-corrected chi connectivity index (χ2v) is 5.20. The molecule has 0 spiro atoms. The van der Waals surface area contributed by atoms with E-state index in [1.165, 1.54) is 0 Å². The summed E-state index contributed by atoms with van der Waals surface area (Å²) in [5, 5.41) is 20.8. The van der Waals surface area contributed by atoms with Gasteiger partial charge in [-0.05, 0) is 31.1 Å².